The lowest BCUT2D eigenvalue weighted by atomic mass is 10.2. The molecule has 8 nitrogen and oxygen atoms in total. The minimum Gasteiger partial charge on any atom is -0.357 e. The van der Waals surface area contributed by atoms with Gasteiger partial charge in [0.2, 0.25) is 5.91 Å². The van der Waals surface area contributed by atoms with Gasteiger partial charge in [0.15, 0.2) is 0 Å². The molecule has 1 saturated heterocycles. The molecule has 0 saturated carbocycles. The molecule has 1 aromatic carbocycles. The van der Waals surface area contributed by atoms with Crippen molar-refractivity contribution in [2.45, 2.75) is 17.3 Å². The molecule has 0 aliphatic carbocycles. The number of piperazine rings is 1. The Bertz CT molecular complexity index is 1310. The van der Waals surface area contributed by atoms with Crippen LogP contribution in [0.5, 0.6) is 0 Å². The van der Waals surface area contributed by atoms with Crippen LogP contribution < -0.4 is 0 Å². The van der Waals surface area contributed by atoms with Gasteiger partial charge in [0, 0.05) is 40.4 Å². The summed E-state index contributed by atoms with van der Waals surface area (Å²) in [6.45, 7) is 1.08. The number of nitrogens with one attached hydrogen (secondary N) is 1. The van der Waals surface area contributed by atoms with Crippen LogP contribution in [0.25, 0.3) is 16.2 Å². The van der Waals surface area contributed by atoms with E-state index in [0.717, 1.165) is 43.4 Å². The molecular weight excluding hydrogens is 460 g/mol. The van der Waals surface area contributed by atoms with E-state index in [2.05, 4.69) is 4.98 Å². The number of halogens is 1. The maximum atomic E-state index is 13.1. The predicted octanol–water partition coefficient (Wildman–Crippen LogP) is 3.09. The number of hydrogen-bond acceptors (Lipinski definition) is 6. The van der Waals surface area contributed by atoms with Gasteiger partial charge >= 0.3 is 0 Å². The van der Waals surface area contributed by atoms with Gasteiger partial charge in [-0.05, 0) is 41.3 Å². The van der Waals surface area contributed by atoms with Crippen molar-refractivity contribution in [3.63, 3.8) is 0 Å². The molecule has 3 aromatic rings. The largest absolute Gasteiger partial charge is 0.357 e. The quantitative estimate of drug-likeness (QED) is 0.600. The summed E-state index contributed by atoms with van der Waals surface area (Å²) in [5, 5.41) is 12.0. The number of sulfonamides is 1. The number of benzene rings is 1. The highest BCUT2D eigenvalue weighted by Gasteiger charge is 2.34. The third-order valence-corrected chi connectivity index (χ3v) is 9.06. The Hall–Kier alpha value is -2.37. The second-order valence-corrected chi connectivity index (χ2v) is 11.2. The number of aromatic nitrogens is 1. The molecule has 11 heteroatoms. The van der Waals surface area contributed by atoms with Crippen LogP contribution in [0.2, 0.25) is 5.02 Å². The highest BCUT2D eigenvalue weighted by molar-refractivity contribution is 7.91. The summed E-state index contributed by atoms with van der Waals surface area (Å²) < 4.78 is 28.5. The highest BCUT2D eigenvalue weighted by atomic mass is 35.5. The van der Waals surface area contributed by atoms with Crippen LogP contribution in [0.15, 0.2) is 40.7 Å². The number of hydrogen-bond donors (Lipinski definition) is 2. The second kappa shape index (κ2) is 7.64. The topological polar surface area (TPSA) is 97.0 Å². The van der Waals surface area contributed by atoms with Gasteiger partial charge in [-0.1, -0.05) is 17.7 Å². The molecule has 31 heavy (non-hydrogen) atoms. The normalized spacial score (nSPS) is 17.5. The first-order valence-corrected chi connectivity index (χ1v) is 12.2. The van der Waals surface area contributed by atoms with Crippen molar-refractivity contribution in [1.29, 1.82) is 0 Å². The van der Waals surface area contributed by atoms with E-state index in [1.807, 2.05) is 6.07 Å². The van der Waals surface area contributed by atoms with Crippen LogP contribution in [0.1, 0.15) is 17.0 Å². The summed E-state index contributed by atoms with van der Waals surface area (Å²) in [7, 11) is -3.76. The van der Waals surface area contributed by atoms with Gasteiger partial charge in [0.1, 0.15) is 4.21 Å². The molecule has 0 radical (unpaired) electrons. The minimum atomic E-state index is -3.76. The van der Waals surface area contributed by atoms with Gasteiger partial charge < -0.3 is 9.88 Å². The number of nitrogens with zero attached hydrogens (tertiary/aromatic N) is 3. The maximum Gasteiger partial charge on any atom is 0.253 e. The van der Waals surface area contributed by atoms with Crippen LogP contribution >= 0.6 is 22.9 Å². The lowest BCUT2D eigenvalue weighted by Gasteiger charge is -2.33. The number of thiophene rings is 1. The van der Waals surface area contributed by atoms with Gasteiger partial charge in [-0.25, -0.2) is 8.42 Å². The maximum absolute atomic E-state index is 13.1. The van der Waals surface area contributed by atoms with Gasteiger partial charge in [0.05, 0.1) is 19.6 Å². The van der Waals surface area contributed by atoms with E-state index in [1.54, 1.807) is 41.4 Å². The number of amides is 1. The summed E-state index contributed by atoms with van der Waals surface area (Å²) in [6.07, 6.45) is 3.34. The van der Waals surface area contributed by atoms with Gasteiger partial charge in [-0.2, -0.15) is 4.31 Å². The summed E-state index contributed by atoms with van der Waals surface area (Å²) in [4.78, 5) is 17.6. The second-order valence-electron chi connectivity index (χ2n) is 7.55. The Morgan fingerprint density at radius 2 is 2.00 bits per heavy atom. The van der Waals surface area contributed by atoms with Crippen LogP contribution in [-0.2, 0) is 27.9 Å². The first kappa shape index (κ1) is 20.5. The van der Waals surface area contributed by atoms with Crippen molar-refractivity contribution in [1.82, 2.24) is 19.3 Å². The molecule has 162 valence electrons. The van der Waals surface area contributed by atoms with Crippen LogP contribution in [-0.4, -0.2) is 58.4 Å². The molecule has 2 N–H and O–H groups in total. The molecule has 1 fully saturated rings. The number of hydroxylamine groups is 2. The number of carbonyl (C=O) groups excluding carboxylic acids is 1. The van der Waals surface area contributed by atoms with Crippen LogP contribution in [0.3, 0.4) is 0 Å². The standard InChI is InChI=1S/C20H19ClN4O4S2/c21-15-2-1-13-8-20(30-18(13)9-15)31(28,29)25-6-5-23(19(26)12-25)11-16-7-14-10-24(27)4-3-17(14)22-16/h1-4,7-9,22,27H,5-6,10-12H2. The van der Waals surface area contributed by atoms with Crippen molar-refractivity contribution >= 4 is 55.0 Å². The van der Waals surface area contributed by atoms with Crippen molar-refractivity contribution in [3.05, 3.63) is 58.5 Å². The van der Waals surface area contributed by atoms with Crippen LogP contribution in [0.4, 0.5) is 0 Å². The molecule has 2 aromatic heterocycles. The Balaban J connectivity index is 1.30. The summed E-state index contributed by atoms with van der Waals surface area (Å²) in [6, 6.07) is 8.80. The van der Waals surface area contributed by atoms with E-state index < -0.39 is 10.0 Å². The highest BCUT2D eigenvalue weighted by Crippen LogP contribution is 2.33. The number of H-pyrrole nitrogens is 1. The average Bonchev–Trinajstić information content (AvgIpc) is 3.32. The van der Waals surface area contributed by atoms with Crippen molar-refractivity contribution < 1.29 is 18.4 Å². The predicted molar refractivity (Wildman–Crippen MR) is 118 cm³/mol. The van der Waals surface area contributed by atoms with Gasteiger partial charge in [-0.15, -0.1) is 11.3 Å². The third kappa shape index (κ3) is 3.85. The van der Waals surface area contributed by atoms with E-state index >= 15 is 0 Å². The molecule has 0 spiro atoms. The number of rotatable bonds is 4. The Morgan fingerprint density at radius 3 is 2.81 bits per heavy atom. The SMILES string of the molecule is O=C1CN(S(=O)(=O)c2cc3ccc(Cl)cc3s2)CCN1Cc1cc2c([nH]1)C=CN(O)C2. The molecular formula is C20H19ClN4O4S2. The summed E-state index contributed by atoms with van der Waals surface area (Å²) >= 11 is 7.17. The first-order valence-electron chi connectivity index (χ1n) is 9.61. The van der Waals surface area contributed by atoms with E-state index in [9.17, 15) is 18.4 Å². The zero-order valence-corrected chi connectivity index (χ0v) is 18.7. The zero-order chi connectivity index (χ0) is 21.8. The number of aromatic amines is 1. The van der Waals surface area contributed by atoms with Gasteiger partial charge in [-0.3, -0.25) is 15.1 Å². The molecule has 0 atom stereocenters. The Labute approximate surface area is 187 Å². The number of fused-ring (bicyclic) bond motifs is 2. The van der Waals surface area contributed by atoms with Crippen molar-refractivity contribution in [2.75, 3.05) is 19.6 Å². The smallest absolute Gasteiger partial charge is 0.253 e. The summed E-state index contributed by atoms with van der Waals surface area (Å²) in [5.41, 5.74) is 2.69. The fourth-order valence-electron chi connectivity index (χ4n) is 3.83. The van der Waals surface area contributed by atoms with E-state index in [0.29, 0.717) is 24.7 Å². The fourth-order valence-corrected chi connectivity index (χ4v) is 7.04. The van der Waals surface area contributed by atoms with E-state index in [-0.39, 0.29) is 23.2 Å². The Morgan fingerprint density at radius 1 is 1.16 bits per heavy atom. The van der Waals surface area contributed by atoms with E-state index in [1.165, 1.54) is 4.31 Å². The molecule has 0 unspecified atom stereocenters. The lowest BCUT2D eigenvalue weighted by Crippen LogP contribution is -2.51. The third-order valence-electron chi connectivity index (χ3n) is 5.43. The minimum absolute atomic E-state index is 0.192. The molecule has 2 aliphatic rings. The number of carbonyl (C=O) groups is 1. The van der Waals surface area contributed by atoms with Crippen molar-refractivity contribution in [2.24, 2.45) is 0 Å². The first-order chi connectivity index (χ1) is 14.8. The molecule has 0 bridgehead atoms. The monoisotopic (exact) mass is 478 g/mol. The van der Waals surface area contributed by atoms with Crippen LogP contribution in [0, 0.1) is 0 Å². The van der Waals surface area contributed by atoms with Crippen molar-refractivity contribution in [3.8, 4) is 0 Å². The van der Waals surface area contributed by atoms with E-state index in [4.69, 9.17) is 11.6 Å². The lowest BCUT2D eigenvalue weighted by molar-refractivity contribution is -0.134. The molecule has 2 aliphatic heterocycles. The Kier molecular flexibility index (Phi) is 5.06. The average molecular weight is 479 g/mol. The zero-order valence-electron chi connectivity index (χ0n) is 16.3. The van der Waals surface area contributed by atoms with Gasteiger partial charge in [0.25, 0.3) is 10.0 Å². The molecule has 5 rings (SSSR count). The molecule has 1 amide bonds. The fraction of sp³-hybridized carbons (Fsp3) is 0.250. The summed E-state index contributed by atoms with van der Waals surface area (Å²) in [5.74, 6) is -0.245. The molecule has 4 heterocycles.